The summed E-state index contributed by atoms with van der Waals surface area (Å²) in [5.41, 5.74) is 0. The van der Waals surface area contributed by atoms with Crippen LogP contribution in [0, 0.1) is 5.92 Å². The van der Waals surface area contributed by atoms with Gasteiger partial charge in [0.1, 0.15) is 6.61 Å². The molecule has 1 unspecified atom stereocenters. The smallest absolute Gasteiger partial charge is 0.481 e. The molecule has 18 heavy (non-hydrogen) atoms. The minimum Gasteiger partial charge on any atom is -0.481 e. The minimum atomic E-state index is -1.58. The van der Waals surface area contributed by atoms with Crippen molar-refractivity contribution in [3.05, 3.63) is 0 Å². The molecule has 0 bridgehead atoms. The van der Waals surface area contributed by atoms with Crippen LogP contribution in [0.4, 0.5) is 4.79 Å². The molecule has 0 aliphatic rings. The summed E-state index contributed by atoms with van der Waals surface area (Å²) < 4.78 is 4.04. The largest absolute Gasteiger partial charge is 0.505 e. The number of carboxylic acids is 3. The van der Waals surface area contributed by atoms with Gasteiger partial charge in [-0.25, -0.2) is 4.79 Å². The maximum atomic E-state index is 10.5. The SMILES string of the molecule is CC(=O)O.O=C(O)CCC(COC(=O)O)C(=O)O. The van der Waals surface area contributed by atoms with Crippen molar-refractivity contribution in [2.24, 2.45) is 5.92 Å². The predicted molar refractivity (Wildman–Crippen MR) is 55.3 cm³/mol. The van der Waals surface area contributed by atoms with E-state index in [0.29, 0.717) is 0 Å². The molecule has 0 rings (SSSR count). The Labute approximate surface area is 102 Å². The van der Waals surface area contributed by atoms with Gasteiger partial charge in [0.05, 0.1) is 5.92 Å². The maximum absolute atomic E-state index is 10.5. The number of carboxylic acid groups (broad SMARTS) is 4. The molecule has 0 saturated carbocycles. The number of ether oxygens (including phenoxy) is 1. The van der Waals surface area contributed by atoms with Crippen LogP contribution in [-0.4, -0.2) is 51.1 Å². The third-order valence-corrected chi connectivity index (χ3v) is 1.46. The molecule has 9 heteroatoms. The molecule has 0 radical (unpaired) electrons. The molecular formula is C9H14O9. The molecule has 0 spiro atoms. The van der Waals surface area contributed by atoms with Gasteiger partial charge in [0.2, 0.25) is 0 Å². The van der Waals surface area contributed by atoms with Gasteiger partial charge in [-0.05, 0) is 6.42 Å². The number of hydrogen-bond donors (Lipinski definition) is 4. The van der Waals surface area contributed by atoms with E-state index in [4.69, 9.17) is 25.2 Å². The molecule has 0 aromatic heterocycles. The Balaban J connectivity index is 0. The number of hydrogen-bond acceptors (Lipinski definition) is 5. The average molecular weight is 266 g/mol. The van der Waals surface area contributed by atoms with Crippen molar-refractivity contribution in [1.29, 1.82) is 0 Å². The lowest BCUT2D eigenvalue weighted by atomic mass is 10.1. The van der Waals surface area contributed by atoms with E-state index in [2.05, 4.69) is 4.74 Å². The first-order chi connectivity index (χ1) is 8.16. The highest BCUT2D eigenvalue weighted by atomic mass is 16.7. The van der Waals surface area contributed by atoms with E-state index in [-0.39, 0.29) is 12.8 Å². The lowest BCUT2D eigenvalue weighted by Gasteiger charge is -2.09. The molecular weight excluding hydrogens is 252 g/mol. The highest BCUT2D eigenvalue weighted by Crippen LogP contribution is 2.07. The van der Waals surface area contributed by atoms with Gasteiger partial charge >= 0.3 is 18.1 Å². The van der Waals surface area contributed by atoms with Gasteiger partial charge in [0, 0.05) is 13.3 Å². The zero-order chi connectivity index (χ0) is 14.7. The van der Waals surface area contributed by atoms with Crippen molar-refractivity contribution in [2.75, 3.05) is 6.61 Å². The van der Waals surface area contributed by atoms with E-state index in [0.717, 1.165) is 6.92 Å². The van der Waals surface area contributed by atoms with Crippen LogP contribution in [0.15, 0.2) is 0 Å². The van der Waals surface area contributed by atoms with Gasteiger partial charge in [-0.15, -0.1) is 0 Å². The summed E-state index contributed by atoms with van der Waals surface area (Å²) in [6.07, 6.45) is -2.07. The number of rotatable bonds is 6. The molecule has 0 aliphatic carbocycles. The lowest BCUT2D eigenvalue weighted by Crippen LogP contribution is -2.22. The molecule has 0 aliphatic heterocycles. The Morgan fingerprint density at radius 1 is 1.06 bits per heavy atom. The fourth-order valence-corrected chi connectivity index (χ4v) is 0.748. The quantitative estimate of drug-likeness (QED) is 0.497. The van der Waals surface area contributed by atoms with E-state index in [9.17, 15) is 14.4 Å². The Morgan fingerprint density at radius 3 is 1.78 bits per heavy atom. The van der Waals surface area contributed by atoms with Crippen LogP contribution in [0.1, 0.15) is 19.8 Å². The molecule has 4 N–H and O–H groups in total. The van der Waals surface area contributed by atoms with Crippen LogP contribution in [0.5, 0.6) is 0 Å². The van der Waals surface area contributed by atoms with Crippen molar-refractivity contribution in [3.8, 4) is 0 Å². The molecule has 0 aromatic carbocycles. The van der Waals surface area contributed by atoms with Crippen LogP contribution in [0.25, 0.3) is 0 Å². The average Bonchev–Trinajstić information content (AvgIpc) is 2.14. The molecule has 0 fully saturated rings. The van der Waals surface area contributed by atoms with Gasteiger partial charge < -0.3 is 25.2 Å². The van der Waals surface area contributed by atoms with Crippen molar-refractivity contribution in [1.82, 2.24) is 0 Å². The van der Waals surface area contributed by atoms with Gasteiger partial charge in [-0.3, -0.25) is 14.4 Å². The standard InChI is InChI=1S/C7H10O7.C2H4O2/c8-5(9)2-1-4(6(10)11)3-14-7(12)13;1-2(3)4/h4H,1-3H2,(H,8,9)(H,10,11)(H,12,13);1H3,(H,3,4). The minimum absolute atomic E-state index is 0.155. The fourth-order valence-electron chi connectivity index (χ4n) is 0.748. The summed E-state index contributed by atoms with van der Waals surface area (Å²) in [5.74, 6) is -4.35. The fraction of sp³-hybridized carbons (Fsp3) is 0.556. The Bertz CT molecular complexity index is 287. The summed E-state index contributed by atoms with van der Waals surface area (Å²) in [6, 6.07) is 0. The van der Waals surface area contributed by atoms with Crippen LogP contribution < -0.4 is 0 Å². The topological polar surface area (TPSA) is 158 Å². The third-order valence-electron chi connectivity index (χ3n) is 1.46. The zero-order valence-corrected chi connectivity index (χ0v) is 9.53. The first-order valence-electron chi connectivity index (χ1n) is 4.66. The second-order valence-corrected chi connectivity index (χ2v) is 3.06. The molecule has 1 atom stereocenters. The van der Waals surface area contributed by atoms with Crippen LogP contribution >= 0.6 is 0 Å². The molecule has 0 aromatic rings. The van der Waals surface area contributed by atoms with Gasteiger partial charge in [-0.1, -0.05) is 0 Å². The summed E-state index contributed by atoms with van der Waals surface area (Å²) in [5, 5.41) is 32.3. The second-order valence-electron chi connectivity index (χ2n) is 3.06. The highest BCUT2D eigenvalue weighted by molar-refractivity contribution is 5.72. The Morgan fingerprint density at radius 2 is 1.50 bits per heavy atom. The summed E-state index contributed by atoms with van der Waals surface area (Å²) >= 11 is 0. The number of aliphatic carboxylic acids is 3. The molecule has 0 amide bonds. The van der Waals surface area contributed by atoms with E-state index < -0.39 is 36.6 Å². The first kappa shape index (κ1) is 18.1. The van der Waals surface area contributed by atoms with E-state index >= 15 is 0 Å². The van der Waals surface area contributed by atoms with Crippen LogP contribution in [-0.2, 0) is 19.1 Å². The second kappa shape index (κ2) is 9.87. The predicted octanol–water partition coefficient (Wildman–Crippen LogP) is 0.337. The van der Waals surface area contributed by atoms with Crippen LogP contribution in [0.3, 0.4) is 0 Å². The Hall–Kier alpha value is -2.32. The molecule has 0 saturated heterocycles. The van der Waals surface area contributed by atoms with Crippen molar-refractivity contribution < 1.29 is 44.3 Å². The van der Waals surface area contributed by atoms with E-state index in [1.165, 1.54) is 0 Å². The first-order valence-corrected chi connectivity index (χ1v) is 4.66. The monoisotopic (exact) mass is 266 g/mol. The lowest BCUT2D eigenvalue weighted by molar-refractivity contribution is -0.144. The van der Waals surface area contributed by atoms with Gasteiger partial charge in [0.15, 0.2) is 0 Å². The molecule has 9 nitrogen and oxygen atoms in total. The number of carbonyl (C=O) groups is 4. The highest BCUT2D eigenvalue weighted by Gasteiger charge is 2.20. The maximum Gasteiger partial charge on any atom is 0.505 e. The zero-order valence-electron chi connectivity index (χ0n) is 9.53. The van der Waals surface area contributed by atoms with Gasteiger partial charge in [0.25, 0.3) is 5.97 Å². The normalized spacial score (nSPS) is 10.5. The third kappa shape index (κ3) is 16.1. The summed E-state index contributed by atoms with van der Waals surface area (Å²) in [7, 11) is 0. The van der Waals surface area contributed by atoms with Crippen molar-refractivity contribution in [2.45, 2.75) is 19.8 Å². The van der Waals surface area contributed by atoms with E-state index in [1.807, 2.05) is 0 Å². The van der Waals surface area contributed by atoms with E-state index in [1.54, 1.807) is 0 Å². The molecule has 104 valence electrons. The van der Waals surface area contributed by atoms with Gasteiger partial charge in [-0.2, -0.15) is 0 Å². The summed E-state index contributed by atoms with van der Waals surface area (Å²) in [6.45, 7) is 0.554. The van der Waals surface area contributed by atoms with Crippen molar-refractivity contribution in [3.63, 3.8) is 0 Å². The van der Waals surface area contributed by atoms with Crippen LogP contribution in [0.2, 0.25) is 0 Å². The molecule has 0 heterocycles. The van der Waals surface area contributed by atoms with Crippen molar-refractivity contribution >= 4 is 24.1 Å². The summed E-state index contributed by atoms with van der Waals surface area (Å²) in [4.78, 5) is 39.5. The Kier molecular flexibility index (Phi) is 9.91.